The zero-order chi connectivity index (χ0) is 20.3. The van der Waals surface area contributed by atoms with Gasteiger partial charge in [-0.3, -0.25) is 9.69 Å². The molecule has 0 aromatic heterocycles. The lowest BCUT2D eigenvalue weighted by atomic mass is 10.0. The maximum absolute atomic E-state index is 13.1. The second-order valence-electron chi connectivity index (χ2n) is 7.59. The first kappa shape index (κ1) is 20.4. The first-order valence-corrected chi connectivity index (χ1v) is 10.7. The van der Waals surface area contributed by atoms with Crippen LogP contribution in [0.4, 0.5) is 5.69 Å². The largest absolute Gasteiger partial charge is 0.284 e. The molecule has 0 unspecified atom stereocenters. The molecule has 0 bridgehead atoms. The SMILES string of the molecule is CC[C@H](C)N1C(=O)/C(=C\c2ccc(C(C)C)cc2)SC1=Nc1ccc(C)cc1. The number of thioether (sulfide) groups is 1. The van der Waals surface area contributed by atoms with E-state index in [1.54, 1.807) is 0 Å². The van der Waals surface area contributed by atoms with E-state index in [9.17, 15) is 4.79 Å². The summed E-state index contributed by atoms with van der Waals surface area (Å²) in [6.45, 7) is 10.6. The molecule has 1 amide bonds. The van der Waals surface area contributed by atoms with Crippen LogP contribution in [0.1, 0.15) is 56.7 Å². The van der Waals surface area contributed by atoms with Crippen molar-refractivity contribution < 1.29 is 4.79 Å². The Bertz CT molecular complexity index is 895. The molecule has 0 radical (unpaired) electrons. The number of hydrogen-bond donors (Lipinski definition) is 0. The molecular formula is C24H28N2OS. The number of carbonyl (C=O) groups is 1. The van der Waals surface area contributed by atoms with Gasteiger partial charge in [-0.2, -0.15) is 0 Å². The molecule has 28 heavy (non-hydrogen) atoms. The molecule has 0 aliphatic carbocycles. The van der Waals surface area contributed by atoms with Crippen molar-refractivity contribution in [3.63, 3.8) is 0 Å². The third-order valence-electron chi connectivity index (χ3n) is 5.03. The maximum Gasteiger partial charge on any atom is 0.266 e. The molecule has 3 rings (SSSR count). The first-order valence-electron chi connectivity index (χ1n) is 9.87. The van der Waals surface area contributed by atoms with Gasteiger partial charge in [-0.25, -0.2) is 4.99 Å². The Morgan fingerprint density at radius 2 is 1.68 bits per heavy atom. The van der Waals surface area contributed by atoms with Crippen LogP contribution in [0.25, 0.3) is 6.08 Å². The summed E-state index contributed by atoms with van der Waals surface area (Å²) >= 11 is 1.46. The molecule has 1 heterocycles. The van der Waals surface area contributed by atoms with E-state index < -0.39 is 0 Å². The van der Waals surface area contributed by atoms with Crippen molar-refractivity contribution in [2.45, 2.75) is 53.0 Å². The number of aliphatic imine (C=N–C) groups is 1. The third kappa shape index (κ3) is 4.56. The van der Waals surface area contributed by atoms with Gasteiger partial charge in [0.05, 0.1) is 10.6 Å². The summed E-state index contributed by atoms with van der Waals surface area (Å²) in [6, 6.07) is 16.6. The number of amidine groups is 1. The van der Waals surface area contributed by atoms with E-state index >= 15 is 0 Å². The molecule has 1 aliphatic heterocycles. The van der Waals surface area contributed by atoms with E-state index in [4.69, 9.17) is 4.99 Å². The van der Waals surface area contributed by atoms with Gasteiger partial charge in [0, 0.05) is 6.04 Å². The number of nitrogens with zero attached hydrogens (tertiary/aromatic N) is 2. The van der Waals surface area contributed by atoms with Crippen LogP contribution in [0, 0.1) is 6.92 Å². The van der Waals surface area contributed by atoms with Crippen LogP contribution in [-0.2, 0) is 4.79 Å². The quantitative estimate of drug-likeness (QED) is 0.543. The van der Waals surface area contributed by atoms with Gasteiger partial charge in [0.1, 0.15) is 0 Å². The molecule has 1 aliphatic rings. The van der Waals surface area contributed by atoms with Crippen molar-refractivity contribution >= 4 is 34.6 Å². The van der Waals surface area contributed by atoms with Crippen molar-refractivity contribution in [2.24, 2.45) is 4.99 Å². The molecule has 2 aromatic rings. The Morgan fingerprint density at radius 1 is 1.04 bits per heavy atom. The van der Waals surface area contributed by atoms with Crippen LogP contribution in [0.15, 0.2) is 58.4 Å². The van der Waals surface area contributed by atoms with Crippen molar-refractivity contribution in [2.75, 3.05) is 0 Å². The third-order valence-corrected chi connectivity index (χ3v) is 6.01. The van der Waals surface area contributed by atoms with Gasteiger partial charge in [-0.15, -0.1) is 0 Å². The van der Waals surface area contributed by atoms with E-state index in [2.05, 4.69) is 58.9 Å². The van der Waals surface area contributed by atoms with E-state index in [1.165, 1.54) is 22.9 Å². The Morgan fingerprint density at radius 3 is 2.25 bits per heavy atom. The lowest BCUT2D eigenvalue weighted by molar-refractivity contribution is -0.123. The monoisotopic (exact) mass is 392 g/mol. The first-order chi connectivity index (χ1) is 13.4. The lowest BCUT2D eigenvalue weighted by Gasteiger charge is -2.22. The molecule has 0 spiro atoms. The number of benzene rings is 2. The smallest absolute Gasteiger partial charge is 0.266 e. The van der Waals surface area contributed by atoms with Crippen LogP contribution in [-0.4, -0.2) is 22.0 Å². The van der Waals surface area contributed by atoms with Crippen LogP contribution in [0.2, 0.25) is 0 Å². The summed E-state index contributed by atoms with van der Waals surface area (Å²) in [5, 5.41) is 0.758. The van der Waals surface area contributed by atoms with Gasteiger partial charge in [-0.05, 0) is 67.3 Å². The normalized spacial score (nSPS) is 18.5. The van der Waals surface area contributed by atoms with E-state index in [0.717, 1.165) is 27.7 Å². The van der Waals surface area contributed by atoms with Gasteiger partial charge >= 0.3 is 0 Å². The zero-order valence-electron chi connectivity index (χ0n) is 17.3. The van der Waals surface area contributed by atoms with Crippen molar-refractivity contribution in [1.29, 1.82) is 0 Å². The molecule has 146 valence electrons. The zero-order valence-corrected chi connectivity index (χ0v) is 18.1. The fourth-order valence-electron chi connectivity index (χ4n) is 2.99. The highest BCUT2D eigenvalue weighted by Crippen LogP contribution is 2.36. The van der Waals surface area contributed by atoms with Crippen LogP contribution < -0.4 is 0 Å². The molecule has 1 atom stereocenters. The minimum Gasteiger partial charge on any atom is -0.284 e. The molecule has 0 saturated carbocycles. The van der Waals surface area contributed by atoms with Gasteiger partial charge in [0.25, 0.3) is 5.91 Å². The predicted octanol–water partition coefficient (Wildman–Crippen LogP) is 6.52. The number of amides is 1. The summed E-state index contributed by atoms with van der Waals surface area (Å²) < 4.78 is 0. The molecule has 4 heteroatoms. The molecule has 1 saturated heterocycles. The van der Waals surface area contributed by atoms with Gasteiger partial charge in [0.2, 0.25) is 0 Å². The minimum atomic E-state index is 0.0400. The average Bonchev–Trinajstić information content (AvgIpc) is 2.98. The standard InChI is InChI=1S/C24H28N2OS/c1-6-18(5)26-23(27)22(15-19-9-11-20(12-10-19)16(2)3)28-24(26)25-21-13-7-17(4)8-14-21/h7-16,18H,6H2,1-5H3/b22-15+,25-24?/t18-/m0/s1. The summed E-state index contributed by atoms with van der Waals surface area (Å²) in [5.41, 5.74) is 4.41. The molecular weight excluding hydrogens is 364 g/mol. The van der Waals surface area contributed by atoms with E-state index in [1.807, 2.05) is 35.2 Å². The molecule has 0 N–H and O–H groups in total. The Balaban J connectivity index is 1.93. The van der Waals surface area contributed by atoms with Gasteiger partial charge in [0.15, 0.2) is 5.17 Å². The maximum atomic E-state index is 13.1. The van der Waals surface area contributed by atoms with E-state index in [-0.39, 0.29) is 11.9 Å². The average molecular weight is 393 g/mol. The summed E-state index contributed by atoms with van der Waals surface area (Å²) in [4.78, 5) is 20.4. The number of aryl methyl sites for hydroxylation is 1. The highest BCUT2D eigenvalue weighted by atomic mass is 32.2. The fourth-order valence-corrected chi connectivity index (χ4v) is 4.08. The minimum absolute atomic E-state index is 0.0400. The van der Waals surface area contributed by atoms with Crippen LogP contribution in [0.3, 0.4) is 0 Å². The summed E-state index contributed by atoms with van der Waals surface area (Å²) in [7, 11) is 0. The van der Waals surface area contributed by atoms with Crippen LogP contribution in [0.5, 0.6) is 0 Å². The molecule has 2 aromatic carbocycles. The highest BCUT2D eigenvalue weighted by molar-refractivity contribution is 8.18. The van der Waals surface area contributed by atoms with Gasteiger partial charge < -0.3 is 0 Å². The Labute approximate surface area is 172 Å². The lowest BCUT2D eigenvalue weighted by Crippen LogP contribution is -2.36. The molecule has 1 fully saturated rings. The Hall–Kier alpha value is -2.33. The molecule has 3 nitrogen and oxygen atoms in total. The van der Waals surface area contributed by atoms with Crippen molar-refractivity contribution in [3.8, 4) is 0 Å². The topological polar surface area (TPSA) is 32.7 Å². The van der Waals surface area contributed by atoms with Crippen molar-refractivity contribution in [3.05, 3.63) is 70.1 Å². The highest BCUT2D eigenvalue weighted by Gasteiger charge is 2.36. The Kier molecular flexibility index (Phi) is 6.40. The van der Waals surface area contributed by atoms with E-state index in [0.29, 0.717) is 5.92 Å². The predicted molar refractivity (Wildman–Crippen MR) is 121 cm³/mol. The number of carbonyl (C=O) groups excluding carboxylic acids is 1. The second-order valence-corrected chi connectivity index (χ2v) is 8.60. The number of hydrogen-bond acceptors (Lipinski definition) is 3. The van der Waals surface area contributed by atoms with Crippen LogP contribution >= 0.6 is 11.8 Å². The number of rotatable bonds is 5. The summed E-state index contributed by atoms with van der Waals surface area (Å²) in [6.07, 6.45) is 2.86. The summed E-state index contributed by atoms with van der Waals surface area (Å²) in [5.74, 6) is 0.538. The fraction of sp³-hybridized carbons (Fsp3) is 0.333. The van der Waals surface area contributed by atoms with Gasteiger partial charge in [-0.1, -0.05) is 62.7 Å². The van der Waals surface area contributed by atoms with Crippen molar-refractivity contribution in [1.82, 2.24) is 4.90 Å². The second kappa shape index (κ2) is 8.78.